The van der Waals surface area contributed by atoms with Crippen molar-refractivity contribution in [3.8, 4) is 0 Å². The third-order valence-electron chi connectivity index (χ3n) is 5.11. The van der Waals surface area contributed by atoms with Crippen molar-refractivity contribution in [3.63, 3.8) is 0 Å². The van der Waals surface area contributed by atoms with Gasteiger partial charge in [0.15, 0.2) is 0 Å². The third kappa shape index (κ3) is 19.5. The maximum absolute atomic E-state index is 11.2. The molecule has 0 aromatic carbocycles. The van der Waals surface area contributed by atoms with E-state index < -0.39 is 0 Å². The van der Waals surface area contributed by atoms with Crippen molar-refractivity contribution in [2.24, 2.45) is 5.92 Å². The van der Waals surface area contributed by atoms with E-state index in [4.69, 9.17) is 4.74 Å². The Morgan fingerprint density at radius 2 is 1.12 bits per heavy atom. The van der Waals surface area contributed by atoms with Gasteiger partial charge >= 0.3 is 5.97 Å². The minimum Gasteiger partial charge on any atom is -0.466 e. The van der Waals surface area contributed by atoms with Crippen LogP contribution in [0.5, 0.6) is 0 Å². The monoisotopic (exact) mass is 368 g/mol. The maximum atomic E-state index is 11.2. The lowest BCUT2D eigenvalue weighted by Gasteiger charge is -2.11. The summed E-state index contributed by atoms with van der Waals surface area (Å²) in [5, 5.41) is 0. The molecule has 0 saturated heterocycles. The molecular weight excluding hydrogens is 324 g/mol. The number of hydrogen-bond donors (Lipinski definition) is 0. The fourth-order valence-electron chi connectivity index (χ4n) is 3.42. The summed E-state index contributed by atoms with van der Waals surface area (Å²) in [6.07, 6.45) is 19.1. The summed E-state index contributed by atoms with van der Waals surface area (Å²) in [4.78, 5) is 22.1. The summed E-state index contributed by atoms with van der Waals surface area (Å²) in [6, 6.07) is 0. The molecule has 0 aromatic heterocycles. The number of carbonyl (C=O) groups excluding carboxylic acids is 2. The summed E-state index contributed by atoms with van der Waals surface area (Å²) in [7, 11) is 0. The van der Waals surface area contributed by atoms with E-state index in [1.165, 1.54) is 70.6 Å². The Morgan fingerprint density at radius 1 is 0.692 bits per heavy atom. The van der Waals surface area contributed by atoms with Gasteiger partial charge < -0.3 is 9.53 Å². The van der Waals surface area contributed by atoms with Gasteiger partial charge in [-0.15, -0.1) is 0 Å². The Hall–Kier alpha value is -0.860. The predicted octanol–water partition coefficient (Wildman–Crippen LogP) is 7.02. The topological polar surface area (TPSA) is 43.4 Å². The molecular formula is C23H44O3. The van der Waals surface area contributed by atoms with Gasteiger partial charge in [-0.25, -0.2) is 0 Å². The van der Waals surface area contributed by atoms with Crippen molar-refractivity contribution in [2.75, 3.05) is 6.61 Å². The molecule has 0 heterocycles. The molecule has 3 heteroatoms. The molecule has 0 fully saturated rings. The van der Waals surface area contributed by atoms with Crippen LogP contribution < -0.4 is 0 Å². The van der Waals surface area contributed by atoms with E-state index in [0.29, 0.717) is 18.8 Å². The van der Waals surface area contributed by atoms with E-state index in [1.807, 2.05) is 6.92 Å². The second-order valence-corrected chi connectivity index (χ2v) is 7.93. The first-order valence-electron chi connectivity index (χ1n) is 11.2. The second-order valence-electron chi connectivity index (χ2n) is 7.93. The highest BCUT2D eigenvalue weighted by molar-refractivity contribution is 5.75. The summed E-state index contributed by atoms with van der Waals surface area (Å²) < 4.78 is 4.94. The van der Waals surface area contributed by atoms with Crippen molar-refractivity contribution < 1.29 is 14.3 Å². The molecule has 0 N–H and O–H groups in total. The Kier molecular flexibility index (Phi) is 18.3. The molecule has 0 radical (unpaired) electrons. The van der Waals surface area contributed by atoms with Gasteiger partial charge in [0.1, 0.15) is 5.78 Å². The van der Waals surface area contributed by atoms with Crippen LogP contribution in [0.3, 0.4) is 0 Å². The van der Waals surface area contributed by atoms with Gasteiger partial charge in [-0.3, -0.25) is 4.79 Å². The number of Topliss-reactive ketones (excluding diaryl/α,β-unsaturated/α-hetero) is 1. The Morgan fingerprint density at radius 3 is 1.58 bits per heavy atom. The molecule has 0 aliphatic rings. The van der Waals surface area contributed by atoms with Gasteiger partial charge in [0, 0.05) is 12.8 Å². The average Bonchev–Trinajstić information content (AvgIpc) is 2.59. The van der Waals surface area contributed by atoms with E-state index in [1.54, 1.807) is 6.92 Å². The van der Waals surface area contributed by atoms with Crippen LogP contribution in [0.1, 0.15) is 124 Å². The van der Waals surface area contributed by atoms with Gasteiger partial charge in [0.05, 0.1) is 6.61 Å². The molecule has 1 atom stereocenters. The molecule has 0 bridgehead atoms. The maximum Gasteiger partial charge on any atom is 0.305 e. The van der Waals surface area contributed by atoms with Crippen molar-refractivity contribution >= 4 is 11.8 Å². The zero-order chi connectivity index (χ0) is 19.5. The lowest BCUT2D eigenvalue weighted by molar-refractivity contribution is -0.143. The first-order chi connectivity index (χ1) is 12.6. The molecule has 1 unspecified atom stereocenters. The number of ether oxygens (including phenoxy) is 1. The molecule has 0 aliphatic carbocycles. The lowest BCUT2D eigenvalue weighted by Crippen LogP contribution is -2.03. The van der Waals surface area contributed by atoms with Crippen molar-refractivity contribution in [1.29, 1.82) is 0 Å². The van der Waals surface area contributed by atoms with Crippen molar-refractivity contribution in [3.05, 3.63) is 0 Å². The van der Waals surface area contributed by atoms with Gasteiger partial charge in [-0.1, -0.05) is 84.0 Å². The minimum atomic E-state index is -0.0441. The Balaban J connectivity index is 3.23. The van der Waals surface area contributed by atoms with E-state index in [2.05, 4.69) is 6.92 Å². The number of hydrogen-bond acceptors (Lipinski definition) is 3. The Bertz CT molecular complexity index is 338. The summed E-state index contributed by atoms with van der Waals surface area (Å²) in [5.41, 5.74) is 0. The van der Waals surface area contributed by atoms with Crippen LogP contribution in [-0.2, 0) is 14.3 Å². The molecule has 0 amide bonds. The van der Waals surface area contributed by atoms with Gasteiger partial charge in [-0.05, 0) is 32.6 Å². The van der Waals surface area contributed by atoms with Gasteiger partial charge in [0.25, 0.3) is 0 Å². The summed E-state index contributed by atoms with van der Waals surface area (Å²) in [6.45, 7) is 6.44. The molecule has 3 nitrogen and oxygen atoms in total. The second kappa shape index (κ2) is 18.9. The largest absolute Gasteiger partial charge is 0.466 e. The average molecular weight is 369 g/mol. The molecule has 0 rings (SSSR count). The first-order valence-corrected chi connectivity index (χ1v) is 11.2. The highest BCUT2D eigenvalue weighted by atomic mass is 16.5. The fraction of sp³-hybridized carbons (Fsp3) is 0.913. The van der Waals surface area contributed by atoms with Crippen molar-refractivity contribution in [2.45, 2.75) is 124 Å². The third-order valence-corrected chi connectivity index (χ3v) is 5.11. The van der Waals surface area contributed by atoms with Crippen LogP contribution in [-0.4, -0.2) is 18.4 Å². The van der Waals surface area contributed by atoms with Crippen LogP contribution in [0.25, 0.3) is 0 Å². The zero-order valence-electron chi connectivity index (χ0n) is 17.8. The van der Waals surface area contributed by atoms with Crippen LogP contribution in [0.4, 0.5) is 0 Å². The lowest BCUT2D eigenvalue weighted by atomic mass is 9.96. The number of esters is 1. The van der Waals surface area contributed by atoms with E-state index in [9.17, 15) is 9.59 Å². The number of ketones is 1. The van der Waals surface area contributed by atoms with Crippen LogP contribution in [0, 0.1) is 5.92 Å². The normalized spacial score (nSPS) is 12.1. The van der Waals surface area contributed by atoms with E-state index in [-0.39, 0.29) is 5.97 Å². The van der Waals surface area contributed by atoms with E-state index in [0.717, 1.165) is 31.6 Å². The molecule has 0 aliphatic heterocycles. The summed E-state index contributed by atoms with van der Waals surface area (Å²) >= 11 is 0. The van der Waals surface area contributed by atoms with Crippen LogP contribution >= 0.6 is 0 Å². The first kappa shape index (κ1) is 25.1. The highest BCUT2D eigenvalue weighted by Gasteiger charge is 2.03. The smallest absolute Gasteiger partial charge is 0.305 e. The Labute approximate surface area is 162 Å². The molecule has 0 saturated carbocycles. The van der Waals surface area contributed by atoms with Gasteiger partial charge in [0.2, 0.25) is 0 Å². The minimum absolute atomic E-state index is 0.0441. The molecule has 0 aromatic rings. The number of unbranched alkanes of at least 4 members (excludes halogenated alkanes) is 10. The standard InChI is InChI=1S/C23H44O3/c1-4-26-23(25)20-16-12-8-6-10-14-18-21(2)17-13-9-5-7-11-15-19-22(3)24/h21H,4-20H2,1-3H3. The number of rotatable bonds is 19. The van der Waals surface area contributed by atoms with Crippen LogP contribution in [0.2, 0.25) is 0 Å². The number of carbonyl (C=O) groups is 2. The fourth-order valence-corrected chi connectivity index (χ4v) is 3.42. The molecule has 154 valence electrons. The quantitative estimate of drug-likeness (QED) is 0.182. The van der Waals surface area contributed by atoms with E-state index >= 15 is 0 Å². The van der Waals surface area contributed by atoms with Crippen molar-refractivity contribution in [1.82, 2.24) is 0 Å². The SMILES string of the molecule is CCOC(=O)CCCCCCCCC(C)CCCCCCCCC(C)=O. The molecule has 0 spiro atoms. The van der Waals surface area contributed by atoms with Gasteiger partial charge in [-0.2, -0.15) is 0 Å². The predicted molar refractivity (Wildman–Crippen MR) is 110 cm³/mol. The highest BCUT2D eigenvalue weighted by Crippen LogP contribution is 2.18. The molecule has 26 heavy (non-hydrogen) atoms. The zero-order valence-corrected chi connectivity index (χ0v) is 17.8. The summed E-state index contributed by atoms with van der Waals surface area (Å²) in [5.74, 6) is 1.14. The van der Waals surface area contributed by atoms with Crippen LogP contribution in [0.15, 0.2) is 0 Å².